The number of rotatable bonds is 2. The van der Waals surface area contributed by atoms with E-state index in [4.69, 9.17) is 0 Å². The molecule has 0 spiro atoms. The molecule has 0 radical (unpaired) electrons. The van der Waals surface area contributed by atoms with Gasteiger partial charge in [0.05, 0.1) is 11.6 Å². The zero-order valence-corrected chi connectivity index (χ0v) is 12.4. The van der Waals surface area contributed by atoms with Gasteiger partial charge in [-0.25, -0.2) is 4.39 Å². The average Bonchev–Trinajstić information content (AvgIpc) is 2.80. The number of benzene rings is 2. The lowest BCUT2D eigenvalue weighted by molar-refractivity contribution is -0.139. The van der Waals surface area contributed by atoms with Gasteiger partial charge in [0.25, 0.3) is 11.7 Å². The van der Waals surface area contributed by atoms with Gasteiger partial charge in [-0.1, -0.05) is 42.5 Å². The molecule has 1 amide bonds. The van der Waals surface area contributed by atoms with Crippen molar-refractivity contribution >= 4 is 17.4 Å². The third kappa shape index (κ3) is 2.50. The molecule has 5 heteroatoms. The molecular formula is C18H14FNO3. The lowest BCUT2D eigenvalue weighted by atomic mass is 9.95. The zero-order chi connectivity index (χ0) is 16.6. The van der Waals surface area contributed by atoms with Crippen molar-refractivity contribution in [1.82, 2.24) is 4.90 Å². The number of likely N-dealkylation sites (tertiary alicyclic amines) is 1. The first-order valence-corrected chi connectivity index (χ1v) is 7.06. The fourth-order valence-electron chi connectivity index (χ4n) is 2.73. The third-order valence-electron chi connectivity index (χ3n) is 3.91. The topological polar surface area (TPSA) is 57.6 Å². The van der Waals surface area contributed by atoms with Crippen LogP contribution in [0.25, 0.3) is 5.76 Å². The highest BCUT2D eigenvalue weighted by atomic mass is 19.1. The van der Waals surface area contributed by atoms with Crippen molar-refractivity contribution in [3.63, 3.8) is 0 Å². The van der Waals surface area contributed by atoms with E-state index in [1.54, 1.807) is 30.3 Å². The molecule has 0 bridgehead atoms. The van der Waals surface area contributed by atoms with Crippen LogP contribution < -0.4 is 0 Å². The maximum atomic E-state index is 13.1. The van der Waals surface area contributed by atoms with Crippen LogP contribution in [0.3, 0.4) is 0 Å². The Morgan fingerprint density at radius 3 is 2.26 bits per heavy atom. The van der Waals surface area contributed by atoms with E-state index in [2.05, 4.69) is 0 Å². The lowest BCUT2D eigenvalue weighted by Gasteiger charge is -2.20. The molecular weight excluding hydrogens is 297 g/mol. The van der Waals surface area contributed by atoms with E-state index in [1.807, 2.05) is 0 Å². The van der Waals surface area contributed by atoms with Crippen LogP contribution in [0.15, 0.2) is 60.2 Å². The minimum atomic E-state index is -0.747. The number of carbonyl (C=O) groups is 2. The van der Waals surface area contributed by atoms with Crippen molar-refractivity contribution in [3.05, 3.63) is 77.1 Å². The van der Waals surface area contributed by atoms with Crippen LogP contribution in [0, 0.1) is 5.82 Å². The number of amides is 1. The summed E-state index contributed by atoms with van der Waals surface area (Å²) >= 11 is 0. The Kier molecular flexibility index (Phi) is 3.70. The third-order valence-corrected chi connectivity index (χ3v) is 3.91. The normalized spacial score (nSPS) is 20.1. The summed E-state index contributed by atoms with van der Waals surface area (Å²) in [7, 11) is 1.49. The standard InChI is InChI=1S/C18H14FNO3/c1-20-15(11-7-9-13(19)10-8-11)14(17(22)18(20)23)16(21)12-5-3-2-4-6-12/h2-10,15,21H,1H3/t15-/m1/s1. The maximum Gasteiger partial charge on any atom is 0.295 e. The first-order chi connectivity index (χ1) is 11.0. The second-order valence-corrected chi connectivity index (χ2v) is 5.33. The van der Waals surface area contributed by atoms with Crippen molar-refractivity contribution in [3.8, 4) is 0 Å². The highest BCUT2D eigenvalue weighted by Crippen LogP contribution is 2.38. The average molecular weight is 311 g/mol. The van der Waals surface area contributed by atoms with Gasteiger partial charge in [-0.3, -0.25) is 9.59 Å². The smallest absolute Gasteiger partial charge is 0.295 e. The quantitative estimate of drug-likeness (QED) is 0.527. The van der Waals surface area contributed by atoms with E-state index in [0.717, 1.165) is 0 Å². The van der Waals surface area contributed by atoms with Crippen molar-refractivity contribution in [2.45, 2.75) is 6.04 Å². The Hall–Kier alpha value is -2.95. The molecule has 1 fully saturated rings. The molecule has 0 aromatic heterocycles. The monoisotopic (exact) mass is 311 g/mol. The summed E-state index contributed by atoms with van der Waals surface area (Å²) in [6, 6.07) is 13.3. The predicted molar refractivity (Wildman–Crippen MR) is 82.9 cm³/mol. The summed E-state index contributed by atoms with van der Waals surface area (Å²) in [6.45, 7) is 0. The number of aliphatic hydroxyl groups excluding tert-OH is 1. The van der Waals surface area contributed by atoms with E-state index >= 15 is 0 Å². The van der Waals surface area contributed by atoms with E-state index in [0.29, 0.717) is 11.1 Å². The van der Waals surface area contributed by atoms with Gasteiger partial charge in [-0.15, -0.1) is 0 Å². The van der Waals surface area contributed by atoms with Gasteiger partial charge in [0, 0.05) is 12.6 Å². The summed E-state index contributed by atoms with van der Waals surface area (Å²) in [5.74, 6) is -2.09. The molecule has 23 heavy (non-hydrogen) atoms. The van der Waals surface area contributed by atoms with Crippen LogP contribution in [-0.4, -0.2) is 28.7 Å². The summed E-state index contributed by atoms with van der Waals surface area (Å²) < 4.78 is 13.1. The molecule has 2 aromatic rings. The first-order valence-electron chi connectivity index (χ1n) is 7.06. The molecule has 1 aliphatic heterocycles. The van der Waals surface area contributed by atoms with E-state index in [9.17, 15) is 19.1 Å². The number of Topliss-reactive ketones (excluding diaryl/α,β-unsaturated/α-hetero) is 1. The number of halogens is 1. The Morgan fingerprint density at radius 1 is 1.04 bits per heavy atom. The fourth-order valence-corrected chi connectivity index (χ4v) is 2.73. The van der Waals surface area contributed by atoms with Crippen molar-refractivity contribution < 1.29 is 19.1 Å². The predicted octanol–water partition coefficient (Wildman–Crippen LogP) is 2.88. The SMILES string of the molecule is CN1C(=O)C(=O)C(=C(O)c2ccccc2)[C@H]1c1ccc(F)cc1. The number of hydrogen-bond acceptors (Lipinski definition) is 3. The number of hydrogen-bond donors (Lipinski definition) is 1. The van der Waals surface area contributed by atoms with E-state index in [-0.39, 0.29) is 11.3 Å². The molecule has 3 rings (SSSR count). The summed E-state index contributed by atoms with van der Waals surface area (Å²) in [4.78, 5) is 25.6. The highest BCUT2D eigenvalue weighted by Gasteiger charge is 2.44. The van der Waals surface area contributed by atoms with Gasteiger partial charge < -0.3 is 10.0 Å². The minimum absolute atomic E-state index is 0.00954. The molecule has 2 aromatic carbocycles. The molecule has 0 aliphatic carbocycles. The lowest BCUT2D eigenvalue weighted by Crippen LogP contribution is -2.24. The van der Waals surface area contributed by atoms with Crippen molar-refractivity contribution in [1.29, 1.82) is 0 Å². The van der Waals surface area contributed by atoms with Gasteiger partial charge in [-0.2, -0.15) is 0 Å². The second kappa shape index (κ2) is 5.68. The molecule has 1 aliphatic rings. The number of ketones is 1. The van der Waals surface area contributed by atoms with Crippen LogP contribution >= 0.6 is 0 Å². The summed E-state index contributed by atoms with van der Waals surface area (Å²) in [5, 5.41) is 10.5. The number of nitrogens with zero attached hydrogens (tertiary/aromatic N) is 1. The molecule has 1 saturated heterocycles. The summed E-state index contributed by atoms with van der Waals surface area (Å²) in [6.07, 6.45) is 0. The molecule has 4 nitrogen and oxygen atoms in total. The summed E-state index contributed by atoms with van der Waals surface area (Å²) in [5.41, 5.74) is 1.02. The Bertz CT molecular complexity index is 797. The highest BCUT2D eigenvalue weighted by molar-refractivity contribution is 6.46. The number of aliphatic hydroxyl groups is 1. The van der Waals surface area contributed by atoms with Gasteiger partial charge >= 0.3 is 0 Å². The molecule has 0 unspecified atom stereocenters. The van der Waals surface area contributed by atoms with Crippen LogP contribution in [0.5, 0.6) is 0 Å². The van der Waals surface area contributed by atoms with Gasteiger partial charge in [0.1, 0.15) is 11.6 Å². The van der Waals surface area contributed by atoms with Crippen LogP contribution in [0.4, 0.5) is 4.39 Å². The Labute approximate surface area is 132 Å². The number of likely N-dealkylation sites (N-methyl/N-ethyl adjacent to an activating group) is 1. The minimum Gasteiger partial charge on any atom is -0.507 e. The molecule has 116 valence electrons. The van der Waals surface area contributed by atoms with Crippen molar-refractivity contribution in [2.24, 2.45) is 0 Å². The van der Waals surface area contributed by atoms with Crippen molar-refractivity contribution in [2.75, 3.05) is 7.05 Å². The van der Waals surface area contributed by atoms with Crippen LogP contribution in [-0.2, 0) is 9.59 Å². The Balaban J connectivity index is 2.17. The Morgan fingerprint density at radius 2 is 1.65 bits per heavy atom. The maximum absolute atomic E-state index is 13.1. The van der Waals surface area contributed by atoms with Crippen LogP contribution in [0.2, 0.25) is 0 Å². The molecule has 1 heterocycles. The largest absolute Gasteiger partial charge is 0.507 e. The fraction of sp³-hybridized carbons (Fsp3) is 0.111. The molecule has 1 atom stereocenters. The van der Waals surface area contributed by atoms with E-state index < -0.39 is 23.5 Å². The zero-order valence-electron chi connectivity index (χ0n) is 12.4. The first kappa shape index (κ1) is 15.0. The molecule has 0 saturated carbocycles. The van der Waals surface area contributed by atoms with Gasteiger partial charge in [0.2, 0.25) is 0 Å². The van der Waals surface area contributed by atoms with Gasteiger partial charge in [-0.05, 0) is 17.7 Å². The van der Waals surface area contributed by atoms with Crippen LogP contribution in [0.1, 0.15) is 17.2 Å². The molecule has 1 N–H and O–H groups in total. The number of carbonyl (C=O) groups excluding carboxylic acids is 2. The van der Waals surface area contributed by atoms with E-state index in [1.165, 1.54) is 36.2 Å². The van der Waals surface area contributed by atoms with Gasteiger partial charge in [0.15, 0.2) is 0 Å². The second-order valence-electron chi connectivity index (χ2n) is 5.33.